The zero-order chi connectivity index (χ0) is 29.1. The van der Waals surface area contributed by atoms with Gasteiger partial charge in [0.25, 0.3) is 0 Å². The zero-order valence-corrected chi connectivity index (χ0v) is 25.3. The standard InChI is InChI=1S/C30H37ClN4O5S/c1-4-39-27-13-12-22(21(2)3)18-28(27)41(37,38)34-16-14-33(15-17-34)26-20-32-35(24-9-7-8-23(31)19-24)30(36)29(26)40-25-10-5-6-11-25/h7-9,12-13,18-21,25H,4-6,10-11,14-17H2,1-3H3. The lowest BCUT2D eigenvalue weighted by atomic mass is 10.0. The van der Waals surface area contributed by atoms with Gasteiger partial charge in [0.2, 0.25) is 15.8 Å². The third-order valence-corrected chi connectivity index (χ3v) is 9.84. The Hall–Kier alpha value is -3.08. The van der Waals surface area contributed by atoms with Gasteiger partial charge in [0.05, 0.1) is 24.6 Å². The van der Waals surface area contributed by atoms with Crippen molar-refractivity contribution in [2.75, 3.05) is 37.7 Å². The van der Waals surface area contributed by atoms with Crippen LogP contribution in [-0.2, 0) is 10.0 Å². The summed E-state index contributed by atoms with van der Waals surface area (Å²) in [7, 11) is -3.80. The molecule has 2 heterocycles. The van der Waals surface area contributed by atoms with Crippen molar-refractivity contribution in [3.05, 3.63) is 69.6 Å². The first-order valence-corrected chi connectivity index (χ1v) is 16.1. The maximum absolute atomic E-state index is 13.8. The molecule has 0 bridgehead atoms. The summed E-state index contributed by atoms with van der Waals surface area (Å²) < 4.78 is 42.4. The minimum atomic E-state index is -3.80. The molecule has 0 N–H and O–H groups in total. The summed E-state index contributed by atoms with van der Waals surface area (Å²) in [5.74, 6) is 0.781. The van der Waals surface area contributed by atoms with Gasteiger partial charge in [-0.05, 0) is 74.4 Å². The van der Waals surface area contributed by atoms with Crippen molar-refractivity contribution in [2.45, 2.75) is 63.4 Å². The van der Waals surface area contributed by atoms with Crippen LogP contribution in [0.4, 0.5) is 5.69 Å². The number of nitrogens with zero attached hydrogens (tertiary/aromatic N) is 4. The lowest BCUT2D eigenvalue weighted by Crippen LogP contribution is -2.49. The molecule has 0 spiro atoms. The van der Waals surface area contributed by atoms with Crippen molar-refractivity contribution in [3.8, 4) is 17.2 Å². The van der Waals surface area contributed by atoms with Crippen LogP contribution in [0, 0.1) is 0 Å². The van der Waals surface area contributed by atoms with Gasteiger partial charge in [0.15, 0.2) is 0 Å². The summed E-state index contributed by atoms with van der Waals surface area (Å²) >= 11 is 6.18. The van der Waals surface area contributed by atoms with E-state index < -0.39 is 10.0 Å². The lowest BCUT2D eigenvalue weighted by molar-refractivity contribution is 0.205. The fraction of sp³-hybridized carbons (Fsp3) is 0.467. The third kappa shape index (κ3) is 6.24. The molecule has 2 aromatic carbocycles. The minimum absolute atomic E-state index is 0.0384. The molecular formula is C30H37ClN4O5S. The van der Waals surface area contributed by atoms with Gasteiger partial charge >= 0.3 is 5.56 Å². The van der Waals surface area contributed by atoms with Crippen LogP contribution in [0.3, 0.4) is 0 Å². The van der Waals surface area contributed by atoms with Crippen LogP contribution < -0.4 is 19.9 Å². The van der Waals surface area contributed by atoms with Gasteiger partial charge in [-0.2, -0.15) is 14.1 Å². The molecule has 3 aromatic rings. The van der Waals surface area contributed by atoms with Crippen LogP contribution in [0.15, 0.2) is 58.4 Å². The van der Waals surface area contributed by atoms with Crippen LogP contribution in [-0.4, -0.2) is 61.4 Å². The number of benzene rings is 2. The normalized spacial score (nSPS) is 16.9. The second-order valence-electron chi connectivity index (χ2n) is 10.8. The number of halogens is 1. The van der Waals surface area contributed by atoms with Gasteiger partial charge in [-0.1, -0.05) is 37.6 Å². The topological polar surface area (TPSA) is 94.0 Å². The van der Waals surface area contributed by atoms with Crippen molar-refractivity contribution in [1.29, 1.82) is 0 Å². The first kappa shape index (κ1) is 29.4. The zero-order valence-electron chi connectivity index (χ0n) is 23.8. The Morgan fingerprint density at radius 3 is 2.44 bits per heavy atom. The van der Waals surface area contributed by atoms with E-state index in [1.807, 2.05) is 31.7 Å². The van der Waals surface area contributed by atoms with Crippen molar-refractivity contribution >= 4 is 27.3 Å². The molecule has 220 valence electrons. The highest BCUT2D eigenvalue weighted by Crippen LogP contribution is 2.33. The summed E-state index contributed by atoms with van der Waals surface area (Å²) in [4.78, 5) is 15.9. The third-order valence-electron chi connectivity index (χ3n) is 7.69. The summed E-state index contributed by atoms with van der Waals surface area (Å²) in [5, 5.41) is 4.95. The SMILES string of the molecule is CCOc1ccc(C(C)C)cc1S(=O)(=O)N1CCN(c2cnn(-c3cccc(Cl)c3)c(=O)c2OC2CCCC2)CC1. The molecule has 1 saturated carbocycles. The molecule has 5 rings (SSSR count). The Labute approximate surface area is 246 Å². The van der Waals surface area contributed by atoms with E-state index in [9.17, 15) is 13.2 Å². The van der Waals surface area contributed by atoms with E-state index in [-0.39, 0.29) is 41.3 Å². The highest BCUT2D eigenvalue weighted by atomic mass is 35.5. The molecule has 0 amide bonds. The molecule has 0 radical (unpaired) electrons. The number of hydrogen-bond acceptors (Lipinski definition) is 7. The van der Waals surface area contributed by atoms with Crippen LogP contribution >= 0.6 is 11.6 Å². The van der Waals surface area contributed by atoms with E-state index in [1.165, 1.54) is 8.99 Å². The number of piperazine rings is 1. The summed E-state index contributed by atoms with van der Waals surface area (Å²) in [6.45, 7) is 7.54. The maximum atomic E-state index is 13.8. The molecule has 2 fully saturated rings. The molecule has 0 unspecified atom stereocenters. The van der Waals surface area contributed by atoms with Gasteiger partial charge in [0, 0.05) is 31.2 Å². The second-order valence-corrected chi connectivity index (χ2v) is 13.1. The Morgan fingerprint density at radius 1 is 1.05 bits per heavy atom. The fourth-order valence-electron chi connectivity index (χ4n) is 5.40. The van der Waals surface area contributed by atoms with Crippen LogP contribution in [0.1, 0.15) is 57.9 Å². The van der Waals surface area contributed by atoms with Gasteiger partial charge in [0.1, 0.15) is 16.3 Å². The number of sulfonamides is 1. The summed E-state index contributed by atoms with van der Waals surface area (Å²) in [6.07, 6.45) is 5.50. The van der Waals surface area contributed by atoms with Crippen LogP contribution in [0.2, 0.25) is 5.02 Å². The highest BCUT2D eigenvalue weighted by Gasteiger charge is 2.33. The molecule has 1 aliphatic carbocycles. The number of rotatable bonds is 9. The van der Waals surface area contributed by atoms with Crippen molar-refractivity contribution in [1.82, 2.24) is 14.1 Å². The van der Waals surface area contributed by atoms with E-state index in [2.05, 4.69) is 5.10 Å². The van der Waals surface area contributed by atoms with Gasteiger partial charge < -0.3 is 14.4 Å². The fourth-order valence-corrected chi connectivity index (χ4v) is 7.17. The van der Waals surface area contributed by atoms with Crippen molar-refractivity contribution in [2.24, 2.45) is 0 Å². The molecule has 11 heteroatoms. The average Bonchev–Trinajstić information content (AvgIpc) is 3.48. The smallest absolute Gasteiger partial charge is 0.316 e. The van der Waals surface area contributed by atoms with E-state index in [0.29, 0.717) is 41.8 Å². The molecule has 1 aromatic heterocycles. The first-order chi connectivity index (χ1) is 19.7. The first-order valence-electron chi connectivity index (χ1n) is 14.3. The summed E-state index contributed by atoms with van der Waals surface area (Å²) in [5.41, 5.74) is 1.70. The molecule has 9 nitrogen and oxygen atoms in total. The van der Waals surface area contributed by atoms with Crippen molar-refractivity contribution in [3.63, 3.8) is 0 Å². The molecule has 0 atom stereocenters. The second kappa shape index (κ2) is 12.4. The van der Waals surface area contributed by atoms with E-state index in [1.54, 1.807) is 42.6 Å². The van der Waals surface area contributed by atoms with Crippen LogP contribution in [0.5, 0.6) is 11.5 Å². The number of hydrogen-bond donors (Lipinski definition) is 0. The number of anilines is 1. The van der Waals surface area contributed by atoms with Crippen LogP contribution in [0.25, 0.3) is 5.69 Å². The minimum Gasteiger partial charge on any atom is -0.492 e. The molecular weight excluding hydrogens is 564 g/mol. The quantitative estimate of drug-likeness (QED) is 0.331. The van der Waals surface area contributed by atoms with E-state index in [4.69, 9.17) is 21.1 Å². The van der Waals surface area contributed by atoms with Gasteiger partial charge in [-0.3, -0.25) is 4.79 Å². The summed E-state index contributed by atoms with van der Waals surface area (Å²) in [6, 6.07) is 12.3. The molecule has 1 saturated heterocycles. The Morgan fingerprint density at radius 2 is 1.78 bits per heavy atom. The predicted molar refractivity (Wildman–Crippen MR) is 160 cm³/mol. The Balaban J connectivity index is 1.42. The van der Waals surface area contributed by atoms with Gasteiger partial charge in [-0.25, -0.2) is 8.42 Å². The number of aromatic nitrogens is 2. The molecule has 2 aliphatic rings. The lowest BCUT2D eigenvalue weighted by Gasteiger charge is -2.36. The van der Waals surface area contributed by atoms with Gasteiger partial charge in [-0.15, -0.1) is 0 Å². The Kier molecular flexibility index (Phi) is 8.91. The number of ether oxygens (including phenoxy) is 2. The van der Waals surface area contributed by atoms with E-state index >= 15 is 0 Å². The Bertz CT molecular complexity index is 1540. The largest absolute Gasteiger partial charge is 0.492 e. The molecule has 41 heavy (non-hydrogen) atoms. The molecule has 1 aliphatic heterocycles. The van der Waals surface area contributed by atoms with E-state index in [0.717, 1.165) is 31.2 Å². The van der Waals surface area contributed by atoms with Crippen molar-refractivity contribution < 1.29 is 17.9 Å². The average molecular weight is 601 g/mol. The predicted octanol–water partition coefficient (Wildman–Crippen LogP) is 5.24. The maximum Gasteiger partial charge on any atom is 0.316 e. The monoisotopic (exact) mass is 600 g/mol. The highest BCUT2D eigenvalue weighted by molar-refractivity contribution is 7.89.